The predicted octanol–water partition coefficient (Wildman–Crippen LogP) is 2.42. The minimum absolute atomic E-state index is 0.0186. The van der Waals surface area contributed by atoms with Gasteiger partial charge < -0.3 is 10.6 Å². The van der Waals surface area contributed by atoms with Crippen molar-refractivity contribution in [2.24, 2.45) is 11.7 Å². The molecule has 5 heteroatoms. The molecule has 1 unspecified atom stereocenters. The van der Waals surface area contributed by atoms with Gasteiger partial charge in [0, 0.05) is 19.0 Å². The molecule has 0 bridgehead atoms. The first-order valence-electron chi connectivity index (χ1n) is 6.54. The van der Waals surface area contributed by atoms with Gasteiger partial charge in [-0.3, -0.25) is 4.79 Å². The monoisotopic (exact) mass is 267 g/mol. The van der Waals surface area contributed by atoms with Crippen LogP contribution in [0.2, 0.25) is 0 Å². The maximum Gasteiger partial charge on any atom is 0.273 e. The molecule has 0 aliphatic heterocycles. The smallest absolute Gasteiger partial charge is 0.273 e. The van der Waals surface area contributed by atoms with Gasteiger partial charge in [0.1, 0.15) is 10.7 Å². The average molecular weight is 267 g/mol. The van der Waals surface area contributed by atoms with Crippen LogP contribution in [0.1, 0.15) is 54.1 Å². The van der Waals surface area contributed by atoms with E-state index in [9.17, 15) is 4.79 Å². The Balaban J connectivity index is 1.96. The van der Waals surface area contributed by atoms with E-state index < -0.39 is 0 Å². The summed E-state index contributed by atoms with van der Waals surface area (Å²) >= 11 is 1.46. The molecule has 2 N–H and O–H groups in total. The van der Waals surface area contributed by atoms with Gasteiger partial charge in [0.2, 0.25) is 0 Å². The van der Waals surface area contributed by atoms with Crippen molar-refractivity contribution >= 4 is 17.2 Å². The van der Waals surface area contributed by atoms with E-state index in [-0.39, 0.29) is 11.9 Å². The third kappa shape index (κ3) is 3.09. The van der Waals surface area contributed by atoms with Gasteiger partial charge in [-0.2, -0.15) is 0 Å². The van der Waals surface area contributed by atoms with E-state index in [1.54, 1.807) is 4.90 Å². The highest BCUT2D eigenvalue weighted by atomic mass is 32.1. The number of amides is 1. The summed E-state index contributed by atoms with van der Waals surface area (Å²) in [6.07, 6.45) is 5.11. The van der Waals surface area contributed by atoms with E-state index in [1.165, 1.54) is 37.0 Å². The minimum atomic E-state index is -0.100. The Hall–Kier alpha value is -0.940. The summed E-state index contributed by atoms with van der Waals surface area (Å²) in [6.45, 7) is 2.74. The summed E-state index contributed by atoms with van der Waals surface area (Å²) in [6, 6.07) is -0.100. The first kappa shape index (κ1) is 13.5. The van der Waals surface area contributed by atoms with Crippen molar-refractivity contribution in [3.05, 3.63) is 16.1 Å². The van der Waals surface area contributed by atoms with Crippen molar-refractivity contribution in [3.63, 3.8) is 0 Å². The standard InChI is InChI=1S/C13H21N3OS/c1-9(14)12-15-11(8-18-12)13(17)16(2)7-10-5-3-4-6-10/h8-10H,3-7,14H2,1-2H3. The molecular formula is C13H21N3OS. The number of nitrogens with two attached hydrogens (primary N) is 1. The molecule has 1 saturated carbocycles. The van der Waals surface area contributed by atoms with Crippen molar-refractivity contribution in [3.8, 4) is 0 Å². The Bertz CT molecular complexity index is 410. The number of carbonyl (C=O) groups is 1. The van der Waals surface area contributed by atoms with Crippen LogP contribution in [-0.4, -0.2) is 29.4 Å². The molecule has 1 aromatic rings. The van der Waals surface area contributed by atoms with Gasteiger partial charge in [-0.25, -0.2) is 4.98 Å². The lowest BCUT2D eigenvalue weighted by molar-refractivity contribution is 0.0768. The fourth-order valence-electron chi connectivity index (χ4n) is 2.45. The molecule has 0 aromatic carbocycles. The fourth-order valence-corrected chi connectivity index (χ4v) is 3.21. The summed E-state index contributed by atoms with van der Waals surface area (Å²) in [7, 11) is 1.87. The third-order valence-electron chi connectivity index (χ3n) is 3.48. The number of rotatable bonds is 4. The molecule has 18 heavy (non-hydrogen) atoms. The Labute approximate surface area is 112 Å². The maximum atomic E-state index is 12.2. The van der Waals surface area contributed by atoms with Crippen LogP contribution in [0, 0.1) is 5.92 Å². The summed E-state index contributed by atoms with van der Waals surface area (Å²) in [4.78, 5) is 18.3. The van der Waals surface area contributed by atoms with Crippen molar-refractivity contribution in [2.45, 2.75) is 38.6 Å². The van der Waals surface area contributed by atoms with Crippen molar-refractivity contribution in [1.29, 1.82) is 0 Å². The normalized spacial score (nSPS) is 17.9. The van der Waals surface area contributed by atoms with Gasteiger partial charge >= 0.3 is 0 Å². The van der Waals surface area contributed by atoms with E-state index in [0.717, 1.165) is 11.6 Å². The van der Waals surface area contributed by atoms with Gasteiger partial charge in [-0.15, -0.1) is 11.3 Å². The molecule has 1 aromatic heterocycles. The molecule has 100 valence electrons. The molecule has 1 aliphatic carbocycles. The maximum absolute atomic E-state index is 12.2. The number of nitrogens with zero attached hydrogens (tertiary/aromatic N) is 2. The van der Waals surface area contributed by atoms with Crippen LogP contribution in [0.4, 0.5) is 0 Å². The topological polar surface area (TPSA) is 59.2 Å². The molecule has 1 heterocycles. The lowest BCUT2D eigenvalue weighted by Gasteiger charge is -2.20. The highest BCUT2D eigenvalue weighted by molar-refractivity contribution is 7.09. The largest absolute Gasteiger partial charge is 0.340 e. The first-order chi connectivity index (χ1) is 8.58. The molecule has 1 aliphatic rings. The van der Waals surface area contributed by atoms with Gasteiger partial charge in [0.25, 0.3) is 5.91 Å². The second-order valence-corrected chi connectivity index (χ2v) is 6.09. The number of carbonyl (C=O) groups excluding carboxylic acids is 1. The van der Waals surface area contributed by atoms with Crippen LogP contribution < -0.4 is 5.73 Å². The van der Waals surface area contributed by atoms with Crippen LogP contribution in [0.5, 0.6) is 0 Å². The number of hydrogen-bond donors (Lipinski definition) is 1. The zero-order valence-electron chi connectivity index (χ0n) is 11.1. The molecule has 1 fully saturated rings. The molecule has 0 radical (unpaired) electrons. The van der Waals surface area contributed by atoms with E-state index in [4.69, 9.17) is 5.73 Å². The molecule has 0 spiro atoms. The van der Waals surface area contributed by atoms with Crippen LogP contribution in [0.25, 0.3) is 0 Å². The highest BCUT2D eigenvalue weighted by Crippen LogP contribution is 2.25. The molecule has 2 rings (SSSR count). The Kier molecular flexibility index (Phi) is 4.35. The molecule has 4 nitrogen and oxygen atoms in total. The Morgan fingerprint density at radius 2 is 2.28 bits per heavy atom. The van der Waals surface area contributed by atoms with E-state index >= 15 is 0 Å². The lowest BCUT2D eigenvalue weighted by atomic mass is 10.1. The summed E-state index contributed by atoms with van der Waals surface area (Å²) in [5, 5.41) is 2.64. The molecule has 1 atom stereocenters. The van der Waals surface area contributed by atoms with Crippen LogP contribution in [0.15, 0.2) is 5.38 Å². The van der Waals surface area contributed by atoms with Crippen LogP contribution in [-0.2, 0) is 0 Å². The zero-order valence-corrected chi connectivity index (χ0v) is 11.9. The van der Waals surface area contributed by atoms with Crippen molar-refractivity contribution < 1.29 is 4.79 Å². The van der Waals surface area contributed by atoms with Gasteiger partial charge in [-0.05, 0) is 25.7 Å². The predicted molar refractivity (Wildman–Crippen MR) is 73.6 cm³/mol. The van der Waals surface area contributed by atoms with Gasteiger partial charge in [0.15, 0.2) is 0 Å². The Morgan fingerprint density at radius 3 is 2.83 bits per heavy atom. The number of thiazole rings is 1. The quantitative estimate of drug-likeness (QED) is 0.911. The number of aromatic nitrogens is 1. The third-order valence-corrected chi connectivity index (χ3v) is 4.53. The summed E-state index contributed by atoms with van der Waals surface area (Å²) in [5.41, 5.74) is 6.29. The lowest BCUT2D eigenvalue weighted by Crippen LogP contribution is -2.31. The molecule has 1 amide bonds. The van der Waals surface area contributed by atoms with Gasteiger partial charge in [0.05, 0.1) is 6.04 Å². The SMILES string of the molecule is CC(N)c1nc(C(=O)N(C)CC2CCCC2)cs1. The zero-order chi connectivity index (χ0) is 13.1. The number of hydrogen-bond acceptors (Lipinski definition) is 4. The van der Waals surface area contributed by atoms with E-state index in [2.05, 4.69) is 4.98 Å². The van der Waals surface area contributed by atoms with Gasteiger partial charge in [-0.1, -0.05) is 12.8 Å². The second kappa shape index (κ2) is 5.80. The molecule has 0 saturated heterocycles. The highest BCUT2D eigenvalue weighted by Gasteiger charge is 2.22. The van der Waals surface area contributed by atoms with Crippen LogP contribution >= 0.6 is 11.3 Å². The Morgan fingerprint density at radius 1 is 1.61 bits per heavy atom. The summed E-state index contributed by atoms with van der Waals surface area (Å²) < 4.78 is 0. The van der Waals surface area contributed by atoms with Crippen LogP contribution in [0.3, 0.4) is 0 Å². The van der Waals surface area contributed by atoms with E-state index in [0.29, 0.717) is 11.6 Å². The van der Waals surface area contributed by atoms with E-state index in [1.807, 2.05) is 19.4 Å². The second-order valence-electron chi connectivity index (χ2n) is 5.20. The average Bonchev–Trinajstić information content (AvgIpc) is 2.98. The minimum Gasteiger partial charge on any atom is -0.340 e. The molecular weight excluding hydrogens is 246 g/mol. The first-order valence-corrected chi connectivity index (χ1v) is 7.42. The van der Waals surface area contributed by atoms with Crippen molar-refractivity contribution in [1.82, 2.24) is 9.88 Å². The fraction of sp³-hybridized carbons (Fsp3) is 0.692. The van der Waals surface area contributed by atoms with Crippen molar-refractivity contribution in [2.75, 3.05) is 13.6 Å². The summed E-state index contributed by atoms with van der Waals surface area (Å²) in [5.74, 6) is 0.690.